The number of hydrogen-bond donors (Lipinski definition) is 3. The molecule has 0 saturated carbocycles. The molecular weight excluding hydrogens is 478 g/mol. The second-order valence-electron chi connectivity index (χ2n) is 8.40. The molecule has 0 saturated heterocycles. The molecule has 0 aliphatic rings. The molecule has 1 heterocycles. The van der Waals surface area contributed by atoms with Crippen molar-refractivity contribution >= 4 is 11.6 Å². The predicted molar refractivity (Wildman–Crippen MR) is 140 cm³/mol. The monoisotopic (exact) mass is 507 g/mol. The molecule has 188 valence electrons. The summed E-state index contributed by atoms with van der Waals surface area (Å²) in [6, 6.07) is 24.1. The summed E-state index contributed by atoms with van der Waals surface area (Å²) in [6.45, 7) is 2.37. The summed E-state index contributed by atoms with van der Waals surface area (Å²) < 4.78 is 13.3. The third-order valence-corrected chi connectivity index (χ3v) is 6.40. The van der Waals surface area contributed by atoms with Gasteiger partial charge in [-0.1, -0.05) is 66.2 Å². The Hall–Kier alpha value is -3.36. The van der Waals surface area contributed by atoms with Crippen molar-refractivity contribution < 1.29 is 19.7 Å². The third-order valence-electron chi connectivity index (χ3n) is 6.01. The number of aromatic nitrogens is 2. The van der Waals surface area contributed by atoms with Gasteiger partial charge in [0.05, 0.1) is 37.2 Å². The zero-order valence-corrected chi connectivity index (χ0v) is 21.0. The summed E-state index contributed by atoms with van der Waals surface area (Å²) in [4.78, 5) is 0. The number of aryl methyl sites for hydroxylation is 1. The number of rotatable bonds is 11. The van der Waals surface area contributed by atoms with E-state index in [4.69, 9.17) is 21.1 Å². The average Bonchev–Trinajstić information content (AvgIpc) is 3.21. The largest absolute Gasteiger partial charge is 0.493 e. The van der Waals surface area contributed by atoms with Gasteiger partial charge in [0.25, 0.3) is 0 Å². The van der Waals surface area contributed by atoms with Gasteiger partial charge in [-0.2, -0.15) is 5.10 Å². The first-order valence-electron chi connectivity index (χ1n) is 11.7. The van der Waals surface area contributed by atoms with Crippen LogP contribution in [0.2, 0.25) is 5.15 Å². The number of methoxy groups -OCH3 is 1. The quantitative estimate of drug-likeness (QED) is 0.275. The summed E-state index contributed by atoms with van der Waals surface area (Å²) in [5.74, 6) is 1.15. The Morgan fingerprint density at radius 2 is 1.69 bits per heavy atom. The fourth-order valence-electron chi connectivity index (χ4n) is 3.93. The van der Waals surface area contributed by atoms with Gasteiger partial charge in [0.1, 0.15) is 11.8 Å². The van der Waals surface area contributed by atoms with E-state index in [9.17, 15) is 10.2 Å². The Bertz CT molecular complexity index is 1260. The molecule has 0 unspecified atom stereocenters. The van der Waals surface area contributed by atoms with Gasteiger partial charge in [0.15, 0.2) is 11.5 Å². The number of nitrogens with zero attached hydrogens (tertiary/aromatic N) is 2. The lowest BCUT2D eigenvalue weighted by Gasteiger charge is -2.23. The molecule has 0 radical (unpaired) electrons. The second-order valence-corrected chi connectivity index (χ2v) is 8.76. The molecule has 0 spiro atoms. The molecule has 4 aromatic rings. The van der Waals surface area contributed by atoms with Crippen molar-refractivity contribution in [2.75, 3.05) is 13.7 Å². The first-order chi connectivity index (χ1) is 17.5. The van der Waals surface area contributed by atoms with E-state index in [2.05, 4.69) is 10.4 Å². The van der Waals surface area contributed by atoms with Crippen molar-refractivity contribution in [1.82, 2.24) is 15.1 Å². The molecule has 4 rings (SSSR count). The summed E-state index contributed by atoms with van der Waals surface area (Å²) in [5, 5.41) is 28.7. The van der Waals surface area contributed by atoms with E-state index < -0.39 is 12.1 Å². The molecule has 7 nitrogen and oxygen atoms in total. The highest BCUT2D eigenvalue weighted by Crippen LogP contribution is 2.31. The minimum atomic E-state index is -0.828. The minimum absolute atomic E-state index is 0.203. The van der Waals surface area contributed by atoms with Gasteiger partial charge in [0.2, 0.25) is 0 Å². The van der Waals surface area contributed by atoms with Crippen LogP contribution in [-0.2, 0) is 13.2 Å². The van der Waals surface area contributed by atoms with E-state index in [1.54, 1.807) is 11.8 Å². The molecular formula is C28H30ClN3O4. The molecule has 0 aliphatic carbocycles. The minimum Gasteiger partial charge on any atom is -0.493 e. The topological polar surface area (TPSA) is 88.8 Å². The molecule has 36 heavy (non-hydrogen) atoms. The average molecular weight is 508 g/mol. The number of aliphatic hydroxyl groups excluding tert-OH is 2. The third kappa shape index (κ3) is 5.88. The van der Waals surface area contributed by atoms with E-state index >= 15 is 0 Å². The van der Waals surface area contributed by atoms with Crippen LogP contribution in [0.4, 0.5) is 0 Å². The van der Waals surface area contributed by atoms with Crippen LogP contribution in [-0.4, -0.2) is 39.8 Å². The van der Waals surface area contributed by atoms with Crippen molar-refractivity contribution in [1.29, 1.82) is 0 Å². The number of nitrogens with one attached hydrogen (secondary N) is 1. The fraction of sp³-hybridized carbons (Fsp3) is 0.250. The van der Waals surface area contributed by atoms with Gasteiger partial charge < -0.3 is 25.0 Å². The van der Waals surface area contributed by atoms with Gasteiger partial charge in [-0.25, -0.2) is 4.68 Å². The van der Waals surface area contributed by atoms with Crippen LogP contribution in [0.25, 0.3) is 5.69 Å². The normalized spacial score (nSPS) is 12.8. The molecule has 1 aromatic heterocycles. The standard InChI is InChI=1S/C28H30ClN3O4/c1-19-23(28(29)32(31-19)22-11-7-4-8-12-22)18-36-25-14-13-20(15-26(25)35-2)16-30-24(17-33)27(34)21-9-5-3-6-10-21/h3-15,24,27,30,33-34H,16-18H2,1-2H3/t24-,27-/m0/s1. The van der Waals surface area contributed by atoms with Crippen molar-refractivity contribution in [3.8, 4) is 17.2 Å². The van der Waals surface area contributed by atoms with Crippen LogP contribution in [0.1, 0.15) is 28.5 Å². The zero-order valence-electron chi connectivity index (χ0n) is 20.3. The summed E-state index contributed by atoms with van der Waals surface area (Å²) in [6.07, 6.45) is -0.828. The molecule has 3 N–H and O–H groups in total. The molecule has 8 heteroatoms. The number of para-hydroxylation sites is 1. The Balaban J connectivity index is 1.42. The van der Waals surface area contributed by atoms with Crippen LogP contribution >= 0.6 is 11.6 Å². The maximum absolute atomic E-state index is 10.6. The van der Waals surface area contributed by atoms with Gasteiger partial charge in [-0.3, -0.25) is 0 Å². The van der Waals surface area contributed by atoms with Crippen molar-refractivity contribution in [2.45, 2.75) is 32.2 Å². The lowest BCUT2D eigenvalue weighted by molar-refractivity contribution is 0.0892. The molecule has 2 atom stereocenters. The van der Waals surface area contributed by atoms with Gasteiger partial charge in [-0.15, -0.1) is 0 Å². The molecule has 0 fully saturated rings. The zero-order chi connectivity index (χ0) is 25.5. The van der Waals surface area contributed by atoms with Crippen LogP contribution in [0.3, 0.4) is 0 Å². The van der Waals surface area contributed by atoms with Crippen molar-refractivity contribution in [3.05, 3.63) is 106 Å². The molecule has 0 bridgehead atoms. The van der Waals surface area contributed by atoms with Gasteiger partial charge >= 0.3 is 0 Å². The van der Waals surface area contributed by atoms with E-state index in [1.807, 2.05) is 85.8 Å². The second kappa shape index (κ2) is 12.1. The number of benzene rings is 3. The van der Waals surface area contributed by atoms with Crippen LogP contribution < -0.4 is 14.8 Å². The van der Waals surface area contributed by atoms with Crippen LogP contribution in [0.15, 0.2) is 78.9 Å². The smallest absolute Gasteiger partial charge is 0.161 e. The Labute approximate surface area is 215 Å². The lowest BCUT2D eigenvalue weighted by atomic mass is 10.0. The maximum Gasteiger partial charge on any atom is 0.161 e. The van der Waals surface area contributed by atoms with Crippen LogP contribution in [0, 0.1) is 6.92 Å². The Morgan fingerprint density at radius 3 is 2.36 bits per heavy atom. The Morgan fingerprint density at radius 1 is 1.00 bits per heavy atom. The van der Waals surface area contributed by atoms with E-state index in [1.165, 1.54) is 0 Å². The van der Waals surface area contributed by atoms with Crippen molar-refractivity contribution in [3.63, 3.8) is 0 Å². The van der Waals surface area contributed by atoms with E-state index in [0.29, 0.717) is 23.2 Å². The summed E-state index contributed by atoms with van der Waals surface area (Å²) in [5.41, 5.74) is 4.13. The SMILES string of the molecule is COc1cc(CN[C@@H](CO)[C@@H](O)c2ccccc2)ccc1OCc1c(C)nn(-c2ccccc2)c1Cl. The van der Waals surface area contributed by atoms with Gasteiger partial charge in [-0.05, 0) is 42.3 Å². The van der Waals surface area contributed by atoms with E-state index in [-0.39, 0.29) is 13.2 Å². The first-order valence-corrected chi connectivity index (χ1v) is 12.1. The number of ether oxygens (including phenoxy) is 2. The highest BCUT2D eigenvalue weighted by Gasteiger charge is 2.20. The molecule has 0 aliphatic heterocycles. The van der Waals surface area contributed by atoms with Crippen LogP contribution in [0.5, 0.6) is 11.5 Å². The highest BCUT2D eigenvalue weighted by atomic mass is 35.5. The number of hydrogen-bond acceptors (Lipinski definition) is 6. The summed E-state index contributed by atoms with van der Waals surface area (Å²) >= 11 is 6.62. The number of halogens is 1. The number of aliphatic hydroxyl groups is 2. The highest BCUT2D eigenvalue weighted by molar-refractivity contribution is 6.30. The fourth-order valence-corrected chi connectivity index (χ4v) is 4.26. The molecule has 3 aromatic carbocycles. The lowest BCUT2D eigenvalue weighted by Crippen LogP contribution is -2.37. The van der Waals surface area contributed by atoms with E-state index in [0.717, 1.165) is 28.1 Å². The molecule has 0 amide bonds. The predicted octanol–water partition coefficient (Wildman–Crippen LogP) is 4.61. The first kappa shape index (κ1) is 25.7. The van der Waals surface area contributed by atoms with Gasteiger partial charge in [0, 0.05) is 12.1 Å². The van der Waals surface area contributed by atoms with Crippen molar-refractivity contribution in [2.24, 2.45) is 0 Å². The Kier molecular flexibility index (Phi) is 8.61. The maximum atomic E-state index is 10.6. The summed E-state index contributed by atoms with van der Waals surface area (Å²) in [7, 11) is 1.58.